The molecule has 0 unspecified atom stereocenters. The van der Waals surface area contributed by atoms with E-state index in [-0.39, 0.29) is 18.3 Å². The molecule has 0 radical (unpaired) electrons. The van der Waals surface area contributed by atoms with Gasteiger partial charge in [-0.25, -0.2) is 0 Å². The molecular weight excluding hydrogens is 179 g/mol. The maximum atomic E-state index is 5.87. The minimum absolute atomic E-state index is 0.0814. The first kappa shape index (κ1) is 8.50. The molecule has 1 aliphatic heterocycles. The third kappa shape index (κ3) is 0.888. The molecule has 2 aliphatic rings. The third-order valence-electron chi connectivity index (χ3n) is 3.50. The van der Waals surface area contributed by atoms with Crippen molar-refractivity contribution in [2.75, 3.05) is 0 Å². The number of aromatic nitrogens is 2. The van der Waals surface area contributed by atoms with Crippen molar-refractivity contribution in [1.29, 1.82) is 0 Å². The summed E-state index contributed by atoms with van der Waals surface area (Å²) in [5, 5.41) is 4.10. The topological polar surface area (TPSA) is 36.3 Å². The van der Waals surface area contributed by atoms with Crippen molar-refractivity contribution >= 4 is 12.7 Å². The van der Waals surface area contributed by atoms with Crippen LogP contribution in [0.25, 0.3) is 0 Å². The van der Waals surface area contributed by atoms with Crippen LogP contribution in [0.4, 0.5) is 0 Å². The lowest BCUT2D eigenvalue weighted by Gasteiger charge is -2.10. The first-order valence-corrected chi connectivity index (χ1v) is 4.88. The second-order valence-electron chi connectivity index (χ2n) is 4.59. The molecular formula is C9H13BN2O2. The van der Waals surface area contributed by atoms with Crippen LogP contribution in [0, 0.1) is 0 Å². The van der Waals surface area contributed by atoms with Gasteiger partial charge in [0.05, 0.1) is 16.8 Å². The quantitative estimate of drug-likeness (QED) is 0.591. The zero-order valence-electron chi connectivity index (χ0n) is 8.65. The van der Waals surface area contributed by atoms with Gasteiger partial charge in [-0.15, -0.1) is 0 Å². The monoisotopic (exact) mass is 192 g/mol. The molecule has 0 spiro atoms. The fourth-order valence-electron chi connectivity index (χ4n) is 2.16. The Morgan fingerprint density at radius 3 is 2.57 bits per heavy atom. The van der Waals surface area contributed by atoms with Gasteiger partial charge in [0.2, 0.25) is 0 Å². The molecule has 1 aliphatic carbocycles. The Labute approximate surface area is 83.3 Å². The van der Waals surface area contributed by atoms with Gasteiger partial charge in [0.1, 0.15) is 0 Å². The fraction of sp³-hybridized carbons (Fsp3) is 0.667. The normalized spacial score (nSPS) is 40.1. The summed E-state index contributed by atoms with van der Waals surface area (Å²) in [5.41, 5.74) is 0.823. The van der Waals surface area contributed by atoms with Gasteiger partial charge < -0.3 is 9.31 Å². The highest BCUT2D eigenvalue weighted by Gasteiger charge is 2.71. The van der Waals surface area contributed by atoms with Crippen LogP contribution in [0.2, 0.25) is 0 Å². The molecule has 2 atom stereocenters. The molecule has 5 heteroatoms. The number of nitrogens with zero attached hydrogens (tertiary/aromatic N) is 2. The van der Waals surface area contributed by atoms with Crippen molar-refractivity contribution in [3.8, 4) is 0 Å². The standard InChI is InChI=1S/C9H13BN2O2/c1-8-6-9(8,2)14-10(13-8)7-4-5-11-12(7)3/h4-5H,6H2,1-3H3/t8-,9+. The molecule has 0 N–H and O–H groups in total. The maximum Gasteiger partial charge on any atom is 0.514 e. The van der Waals surface area contributed by atoms with Gasteiger partial charge in [0.15, 0.2) is 0 Å². The SMILES string of the molecule is Cn1nccc1B1O[C@]2(C)C[C@]2(C)O1. The summed E-state index contributed by atoms with van der Waals surface area (Å²) >= 11 is 0. The largest absolute Gasteiger partial charge is 0.514 e. The molecule has 1 saturated carbocycles. The van der Waals surface area contributed by atoms with E-state index in [2.05, 4.69) is 18.9 Å². The fourth-order valence-corrected chi connectivity index (χ4v) is 2.16. The van der Waals surface area contributed by atoms with E-state index in [1.165, 1.54) is 0 Å². The van der Waals surface area contributed by atoms with Crippen molar-refractivity contribution in [3.63, 3.8) is 0 Å². The number of hydrogen-bond acceptors (Lipinski definition) is 3. The van der Waals surface area contributed by atoms with Gasteiger partial charge >= 0.3 is 7.12 Å². The summed E-state index contributed by atoms with van der Waals surface area (Å²) in [5.74, 6) is 0. The van der Waals surface area contributed by atoms with Crippen molar-refractivity contribution in [1.82, 2.24) is 9.78 Å². The van der Waals surface area contributed by atoms with E-state index in [0.717, 1.165) is 12.0 Å². The molecule has 3 rings (SSSR count). The Morgan fingerprint density at radius 2 is 2.07 bits per heavy atom. The zero-order chi connectivity index (χ0) is 9.97. The summed E-state index contributed by atoms with van der Waals surface area (Å²) in [6, 6.07) is 1.93. The first-order valence-electron chi connectivity index (χ1n) is 4.88. The number of hydrogen-bond donors (Lipinski definition) is 0. The highest BCUT2D eigenvalue weighted by molar-refractivity contribution is 6.61. The molecule has 2 fully saturated rings. The second kappa shape index (κ2) is 2.23. The van der Waals surface area contributed by atoms with Crippen LogP contribution in [0.1, 0.15) is 20.3 Å². The van der Waals surface area contributed by atoms with Gasteiger partial charge in [-0.1, -0.05) is 0 Å². The minimum Gasteiger partial charge on any atom is -0.398 e. The molecule has 4 nitrogen and oxygen atoms in total. The minimum atomic E-state index is -0.244. The number of fused-ring (bicyclic) bond motifs is 1. The average Bonchev–Trinajstić information content (AvgIpc) is 2.48. The Morgan fingerprint density at radius 1 is 1.43 bits per heavy atom. The molecule has 14 heavy (non-hydrogen) atoms. The third-order valence-corrected chi connectivity index (χ3v) is 3.50. The highest BCUT2D eigenvalue weighted by Crippen LogP contribution is 2.57. The van der Waals surface area contributed by atoms with Crippen molar-refractivity contribution in [2.24, 2.45) is 7.05 Å². The van der Waals surface area contributed by atoms with Crippen LogP contribution in [0.5, 0.6) is 0 Å². The van der Waals surface area contributed by atoms with E-state index in [1.807, 2.05) is 13.1 Å². The van der Waals surface area contributed by atoms with E-state index in [0.29, 0.717) is 0 Å². The van der Waals surface area contributed by atoms with E-state index in [1.54, 1.807) is 10.9 Å². The van der Waals surface area contributed by atoms with Gasteiger partial charge in [0, 0.05) is 19.7 Å². The average molecular weight is 192 g/mol. The van der Waals surface area contributed by atoms with E-state index in [9.17, 15) is 0 Å². The van der Waals surface area contributed by atoms with Crippen LogP contribution in [0.15, 0.2) is 12.3 Å². The molecule has 0 aromatic carbocycles. The summed E-state index contributed by atoms with van der Waals surface area (Å²) < 4.78 is 13.5. The van der Waals surface area contributed by atoms with E-state index in [4.69, 9.17) is 9.31 Å². The summed E-state index contributed by atoms with van der Waals surface area (Å²) in [6.07, 6.45) is 2.75. The summed E-state index contributed by atoms with van der Waals surface area (Å²) in [6.45, 7) is 4.20. The lowest BCUT2D eigenvalue weighted by Crippen LogP contribution is -2.40. The Balaban J connectivity index is 1.89. The molecule has 0 amide bonds. The van der Waals surface area contributed by atoms with Crippen LogP contribution in [-0.2, 0) is 16.4 Å². The van der Waals surface area contributed by atoms with Crippen LogP contribution < -0.4 is 5.59 Å². The zero-order valence-corrected chi connectivity index (χ0v) is 8.65. The smallest absolute Gasteiger partial charge is 0.398 e. The predicted molar refractivity (Wildman–Crippen MR) is 52.2 cm³/mol. The summed E-state index contributed by atoms with van der Waals surface area (Å²) in [4.78, 5) is 0. The van der Waals surface area contributed by atoms with Crippen LogP contribution in [0.3, 0.4) is 0 Å². The van der Waals surface area contributed by atoms with E-state index < -0.39 is 0 Å². The van der Waals surface area contributed by atoms with Crippen molar-refractivity contribution < 1.29 is 9.31 Å². The Hall–Kier alpha value is -0.805. The van der Waals surface area contributed by atoms with Gasteiger partial charge in [0.25, 0.3) is 0 Å². The highest BCUT2D eigenvalue weighted by atomic mass is 16.7. The molecule has 74 valence electrons. The number of aryl methyl sites for hydroxylation is 1. The van der Waals surface area contributed by atoms with Crippen molar-refractivity contribution in [3.05, 3.63) is 12.3 Å². The predicted octanol–water partition coefficient (Wildman–Crippen LogP) is 0.0832. The molecule has 1 aromatic heterocycles. The first-order chi connectivity index (χ1) is 6.54. The van der Waals surface area contributed by atoms with Crippen LogP contribution >= 0.6 is 0 Å². The maximum absolute atomic E-state index is 5.87. The molecule has 1 saturated heterocycles. The van der Waals surface area contributed by atoms with Gasteiger partial charge in [-0.2, -0.15) is 5.10 Å². The van der Waals surface area contributed by atoms with Gasteiger partial charge in [-0.3, -0.25) is 4.68 Å². The van der Waals surface area contributed by atoms with Gasteiger partial charge in [-0.05, 0) is 19.9 Å². The van der Waals surface area contributed by atoms with Crippen molar-refractivity contribution in [2.45, 2.75) is 31.5 Å². The Kier molecular flexibility index (Phi) is 1.35. The lowest BCUT2D eigenvalue weighted by atomic mass is 9.84. The van der Waals surface area contributed by atoms with E-state index >= 15 is 0 Å². The Bertz CT molecular complexity index is 378. The van der Waals surface area contributed by atoms with Crippen LogP contribution in [-0.4, -0.2) is 28.1 Å². The second-order valence-corrected chi connectivity index (χ2v) is 4.59. The summed E-state index contributed by atoms with van der Waals surface area (Å²) in [7, 11) is 1.66. The molecule has 0 bridgehead atoms. The number of rotatable bonds is 1. The molecule has 2 heterocycles. The molecule has 1 aromatic rings. The lowest BCUT2D eigenvalue weighted by molar-refractivity contribution is 0.187.